The third-order valence-electron chi connectivity index (χ3n) is 2.19. The van der Waals surface area contributed by atoms with Gasteiger partial charge >= 0.3 is 0 Å². The van der Waals surface area contributed by atoms with Crippen LogP contribution < -0.4 is 5.73 Å². The van der Waals surface area contributed by atoms with Gasteiger partial charge in [-0.2, -0.15) is 0 Å². The van der Waals surface area contributed by atoms with Crippen LogP contribution in [0.3, 0.4) is 0 Å². The van der Waals surface area contributed by atoms with Crippen molar-refractivity contribution < 1.29 is 0 Å². The Bertz CT molecular complexity index is 524. The summed E-state index contributed by atoms with van der Waals surface area (Å²) < 4.78 is 1.79. The van der Waals surface area contributed by atoms with Crippen molar-refractivity contribution in [2.75, 3.05) is 0 Å². The summed E-state index contributed by atoms with van der Waals surface area (Å²) in [6.45, 7) is 3.87. The predicted octanol–water partition coefficient (Wildman–Crippen LogP) is 1.52. The third-order valence-corrected chi connectivity index (χ3v) is 2.40. The van der Waals surface area contributed by atoms with Crippen LogP contribution in [0, 0.1) is 13.8 Å². The summed E-state index contributed by atoms with van der Waals surface area (Å²) >= 11 is 4.97. The predicted molar refractivity (Wildman–Crippen MR) is 66.7 cm³/mol. The van der Waals surface area contributed by atoms with Gasteiger partial charge in [-0.15, -0.1) is 0 Å². The molecule has 2 aromatic heterocycles. The van der Waals surface area contributed by atoms with Gasteiger partial charge in [0.1, 0.15) is 4.99 Å². The first-order valence-electron chi connectivity index (χ1n) is 4.88. The molecule has 0 saturated carbocycles. The van der Waals surface area contributed by atoms with E-state index >= 15 is 0 Å². The van der Waals surface area contributed by atoms with Gasteiger partial charge < -0.3 is 5.73 Å². The highest BCUT2D eigenvalue weighted by atomic mass is 32.1. The lowest BCUT2D eigenvalue weighted by Crippen LogP contribution is -2.16. The number of aromatic nitrogens is 3. The fraction of sp³-hybridized carbons (Fsp3) is 0.182. The monoisotopic (exact) mass is 232 g/mol. The first-order chi connectivity index (χ1) is 7.58. The maximum Gasteiger partial charge on any atom is 0.234 e. The van der Waals surface area contributed by atoms with Crippen molar-refractivity contribution in [2.45, 2.75) is 13.8 Å². The van der Waals surface area contributed by atoms with Crippen LogP contribution in [0.25, 0.3) is 5.95 Å². The molecular weight excluding hydrogens is 220 g/mol. The summed E-state index contributed by atoms with van der Waals surface area (Å²) in [7, 11) is 0. The summed E-state index contributed by atoms with van der Waals surface area (Å²) in [4.78, 5) is 9.05. The summed E-state index contributed by atoms with van der Waals surface area (Å²) in [5, 5.41) is 0. The Morgan fingerprint density at radius 2 is 1.94 bits per heavy atom. The standard InChI is InChI=1S/C11H12N4S/c1-7-6-8(2)14-11(13-7)15-5-3-4-9(15)10(12)16/h3-6H,1-2H3,(H2,12,16). The minimum atomic E-state index is 0.341. The van der Waals surface area contributed by atoms with Gasteiger partial charge in [0.25, 0.3) is 0 Å². The molecule has 0 amide bonds. The molecule has 16 heavy (non-hydrogen) atoms. The van der Waals surface area contributed by atoms with Gasteiger partial charge in [-0.25, -0.2) is 9.97 Å². The van der Waals surface area contributed by atoms with Gasteiger partial charge in [0.15, 0.2) is 0 Å². The molecule has 0 aliphatic rings. The van der Waals surface area contributed by atoms with E-state index < -0.39 is 0 Å². The van der Waals surface area contributed by atoms with E-state index in [1.165, 1.54) is 0 Å². The second kappa shape index (κ2) is 4.02. The zero-order valence-corrected chi connectivity index (χ0v) is 9.95. The molecule has 82 valence electrons. The Kier molecular flexibility index (Phi) is 2.70. The molecule has 4 nitrogen and oxygen atoms in total. The minimum absolute atomic E-state index is 0.341. The number of thiocarbonyl (C=S) groups is 1. The molecule has 0 spiro atoms. The first-order valence-corrected chi connectivity index (χ1v) is 5.28. The Balaban J connectivity index is 2.58. The van der Waals surface area contributed by atoms with E-state index in [0.717, 1.165) is 17.1 Å². The fourth-order valence-corrected chi connectivity index (χ4v) is 1.74. The Hall–Kier alpha value is -1.75. The minimum Gasteiger partial charge on any atom is -0.388 e. The molecule has 2 aromatic rings. The van der Waals surface area contributed by atoms with Crippen LogP contribution in [-0.4, -0.2) is 19.5 Å². The summed E-state index contributed by atoms with van der Waals surface area (Å²) in [6.07, 6.45) is 1.85. The van der Waals surface area contributed by atoms with Gasteiger partial charge in [0, 0.05) is 17.6 Å². The maximum absolute atomic E-state index is 5.63. The lowest BCUT2D eigenvalue weighted by atomic mass is 10.3. The highest BCUT2D eigenvalue weighted by Crippen LogP contribution is 2.10. The molecule has 5 heteroatoms. The average Bonchev–Trinajstić information content (AvgIpc) is 2.63. The van der Waals surface area contributed by atoms with Crippen molar-refractivity contribution in [3.05, 3.63) is 41.5 Å². The van der Waals surface area contributed by atoms with Crippen LogP contribution >= 0.6 is 12.2 Å². The fourth-order valence-electron chi connectivity index (χ4n) is 1.57. The Labute approximate surface area is 99.1 Å². The van der Waals surface area contributed by atoms with Crippen LogP contribution in [0.2, 0.25) is 0 Å². The maximum atomic E-state index is 5.63. The molecule has 0 aliphatic carbocycles. The molecule has 0 aromatic carbocycles. The topological polar surface area (TPSA) is 56.7 Å². The second-order valence-electron chi connectivity index (χ2n) is 3.58. The van der Waals surface area contributed by atoms with E-state index in [1.807, 2.05) is 38.2 Å². The number of nitrogens with zero attached hydrogens (tertiary/aromatic N) is 3. The Morgan fingerprint density at radius 1 is 1.31 bits per heavy atom. The highest BCUT2D eigenvalue weighted by Gasteiger charge is 2.08. The zero-order chi connectivity index (χ0) is 11.7. The van der Waals surface area contributed by atoms with Gasteiger partial charge in [-0.1, -0.05) is 12.2 Å². The quantitative estimate of drug-likeness (QED) is 0.798. The molecule has 2 N–H and O–H groups in total. The second-order valence-corrected chi connectivity index (χ2v) is 4.02. The molecule has 0 radical (unpaired) electrons. The molecule has 2 rings (SSSR count). The normalized spacial score (nSPS) is 10.4. The van der Waals surface area contributed by atoms with Gasteiger partial charge in [0.2, 0.25) is 5.95 Å². The molecule has 0 aliphatic heterocycles. The van der Waals surface area contributed by atoms with E-state index in [1.54, 1.807) is 4.57 Å². The van der Waals surface area contributed by atoms with Crippen LogP contribution in [0.15, 0.2) is 24.4 Å². The Morgan fingerprint density at radius 3 is 2.50 bits per heavy atom. The number of nitrogens with two attached hydrogens (primary N) is 1. The lowest BCUT2D eigenvalue weighted by molar-refractivity contribution is 0.894. The number of aryl methyl sites for hydroxylation is 2. The van der Waals surface area contributed by atoms with Crippen LogP contribution in [0.1, 0.15) is 17.1 Å². The molecule has 0 fully saturated rings. The first kappa shape index (κ1) is 10.8. The molecular formula is C11H12N4S. The van der Waals surface area contributed by atoms with Crippen molar-refractivity contribution in [3.63, 3.8) is 0 Å². The largest absolute Gasteiger partial charge is 0.388 e. The molecule has 0 atom stereocenters. The van der Waals surface area contributed by atoms with Gasteiger partial charge in [0.05, 0.1) is 5.69 Å². The summed E-state index contributed by atoms with van der Waals surface area (Å²) in [5.41, 5.74) is 8.22. The lowest BCUT2D eigenvalue weighted by Gasteiger charge is -2.07. The molecule has 0 bridgehead atoms. The van der Waals surface area contributed by atoms with Crippen LogP contribution in [0.5, 0.6) is 0 Å². The molecule has 0 saturated heterocycles. The zero-order valence-electron chi connectivity index (χ0n) is 9.14. The molecule has 2 heterocycles. The van der Waals surface area contributed by atoms with E-state index in [4.69, 9.17) is 18.0 Å². The summed E-state index contributed by atoms with van der Waals surface area (Å²) in [6, 6.07) is 5.65. The van der Waals surface area contributed by atoms with Crippen molar-refractivity contribution in [1.82, 2.24) is 14.5 Å². The number of hydrogen-bond donors (Lipinski definition) is 1. The van der Waals surface area contributed by atoms with Crippen molar-refractivity contribution >= 4 is 17.2 Å². The van der Waals surface area contributed by atoms with E-state index in [9.17, 15) is 0 Å². The molecule has 0 unspecified atom stereocenters. The van der Waals surface area contributed by atoms with Crippen molar-refractivity contribution in [1.29, 1.82) is 0 Å². The SMILES string of the molecule is Cc1cc(C)nc(-n2cccc2C(N)=S)n1. The van der Waals surface area contributed by atoms with Crippen LogP contribution in [-0.2, 0) is 0 Å². The third kappa shape index (κ3) is 1.94. The summed E-state index contributed by atoms with van der Waals surface area (Å²) in [5.74, 6) is 0.602. The van der Waals surface area contributed by atoms with E-state index in [-0.39, 0.29) is 0 Å². The van der Waals surface area contributed by atoms with Gasteiger partial charge in [-0.3, -0.25) is 4.57 Å². The van der Waals surface area contributed by atoms with Gasteiger partial charge in [-0.05, 0) is 32.0 Å². The average molecular weight is 232 g/mol. The van der Waals surface area contributed by atoms with Crippen LogP contribution in [0.4, 0.5) is 0 Å². The van der Waals surface area contributed by atoms with Crippen molar-refractivity contribution in [2.24, 2.45) is 5.73 Å². The van der Waals surface area contributed by atoms with Crippen molar-refractivity contribution in [3.8, 4) is 5.95 Å². The van der Waals surface area contributed by atoms with E-state index in [0.29, 0.717) is 10.9 Å². The number of hydrogen-bond acceptors (Lipinski definition) is 3. The van der Waals surface area contributed by atoms with E-state index in [2.05, 4.69) is 9.97 Å². The highest BCUT2D eigenvalue weighted by molar-refractivity contribution is 7.80. The smallest absolute Gasteiger partial charge is 0.234 e. The number of rotatable bonds is 2.